The predicted octanol–water partition coefficient (Wildman–Crippen LogP) is 1.67. The average Bonchev–Trinajstić information content (AvgIpc) is 3.13. The van der Waals surface area contributed by atoms with Crippen molar-refractivity contribution in [2.75, 3.05) is 24.6 Å². The van der Waals surface area contributed by atoms with Crippen LogP contribution in [-0.4, -0.2) is 46.0 Å². The van der Waals surface area contributed by atoms with Gasteiger partial charge >= 0.3 is 0 Å². The third kappa shape index (κ3) is 2.15. The molecule has 1 aliphatic heterocycles. The maximum Gasteiger partial charge on any atom is 0.150 e. The lowest BCUT2D eigenvalue weighted by Crippen LogP contribution is -2.24. The minimum Gasteiger partial charge on any atom is -0.396 e. The van der Waals surface area contributed by atoms with Crippen molar-refractivity contribution in [1.82, 2.24) is 9.97 Å². The summed E-state index contributed by atoms with van der Waals surface area (Å²) >= 11 is 0. The Labute approximate surface area is 142 Å². The number of aliphatic hydroxyl groups excluding tert-OH is 2. The van der Waals surface area contributed by atoms with Gasteiger partial charge in [-0.2, -0.15) is 0 Å². The van der Waals surface area contributed by atoms with Crippen molar-refractivity contribution in [1.29, 1.82) is 0 Å². The molecule has 2 heterocycles. The summed E-state index contributed by atoms with van der Waals surface area (Å²) in [6.07, 6.45) is 1.29. The largest absolute Gasteiger partial charge is 0.396 e. The molecule has 126 valence electrons. The summed E-state index contributed by atoms with van der Waals surface area (Å²) in [6, 6.07) is 10.2. The van der Waals surface area contributed by atoms with Gasteiger partial charge < -0.3 is 15.1 Å². The molecule has 4 rings (SSSR count). The lowest BCUT2D eigenvalue weighted by Gasteiger charge is -2.19. The molecule has 2 fully saturated rings. The Hall–Kier alpha value is -1.98. The number of aromatic nitrogens is 2. The van der Waals surface area contributed by atoms with Crippen LogP contribution < -0.4 is 4.90 Å². The highest BCUT2D eigenvalue weighted by atomic mass is 16.3. The van der Waals surface area contributed by atoms with E-state index in [4.69, 9.17) is 0 Å². The molecule has 5 nitrogen and oxygen atoms in total. The summed E-state index contributed by atoms with van der Waals surface area (Å²) in [5, 5.41) is 20.7. The second-order valence-electron chi connectivity index (χ2n) is 7.11. The van der Waals surface area contributed by atoms with Crippen molar-refractivity contribution < 1.29 is 10.2 Å². The Kier molecular flexibility index (Phi) is 3.58. The Bertz CT molecular complexity index is 752. The molecule has 2 aromatic rings. The van der Waals surface area contributed by atoms with Crippen LogP contribution >= 0.6 is 0 Å². The maximum absolute atomic E-state index is 10.8. The zero-order valence-corrected chi connectivity index (χ0v) is 14.1. The number of hydrogen-bond acceptors (Lipinski definition) is 5. The summed E-state index contributed by atoms with van der Waals surface area (Å²) in [4.78, 5) is 11.1. The monoisotopic (exact) mass is 325 g/mol. The van der Waals surface area contributed by atoms with Crippen LogP contribution in [0.5, 0.6) is 0 Å². The van der Waals surface area contributed by atoms with Crippen molar-refractivity contribution in [2.45, 2.75) is 25.9 Å². The number of nitrogens with zero attached hydrogens (tertiary/aromatic N) is 3. The molecule has 4 atom stereocenters. The van der Waals surface area contributed by atoms with Gasteiger partial charge in [0.05, 0.1) is 17.5 Å². The van der Waals surface area contributed by atoms with E-state index in [0.29, 0.717) is 13.1 Å². The van der Waals surface area contributed by atoms with Crippen LogP contribution in [0.1, 0.15) is 22.9 Å². The SMILES string of the molecule is Cc1cnc(C)c(N2C[C@H](O)[C@@]3(C2)[C@H](CO)[C@H]3c2ccccc2)n1. The Morgan fingerprint density at radius 3 is 2.71 bits per heavy atom. The smallest absolute Gasteiger partial charge is 0.150 e. The van der Waals surface area contributed by atoms with Gasteiger partial charge in [-0.25, -0.2) is 4.98 Å². The molecule has 2 N–H and O–H groups in total. The molecular formula is C19H23N3O2. The summed E-state index contributed by atoms with van der Waals surface area (Å²) in [5.41, 5.74) is 2.67. The van der Waals surface area contributed by atoms with Gasteiger partial charge in [-0.15, -0.1) is 0 Å². The Morgan fingerprint density at radius 2 is 2.00 bits per heavy atom. The zero-order chi connectivity index (χ0) is 16.9. The van der Waals surface area contributed by atoms with E-state index >= 15 is 0 Å². The van der Waals surface area contributed by atoms with E-state index in [2.05, 4.69) is 27.0 Å². The number of benzene rings is 1. The number of hydrogen-bond donors (Lipinski definition) is 2. The summed E-state index contributed by atoms with van der Waals surface area (Å²) in [7, 11) is 0. The first-order chi connectivity index (χ1) is 11.6. The van der Waals surface area contributed by atoms with Crippen LogP contribution in [0.3, 0.4) is 0 Å². The average molecular weight is 325 g/mol. The van der Waals surface area contributed by atoms with Crippen molar-refractivity contribution in [3.8, 4) is 0 Å². The van der Waals surface area contributed by atoms with E-state index in [1.54, 1.807) is 6.20 Å². The second kappa shape index (κ2) is 5.53. The van der Waals surface area contributed by atoms with E-state index in [1.807, 2.05) is 32.0 Å². The van der Waals surface area contributed by atoms with Crippen LogP contribution in [0, 0.1) is 25.2 Å². The fraction of sp³-hybridized carbons (Fsp3) is 0.474. The third-order valence-corrected chi connectivity index (χ3v) is 5.75. The number of aliphatic hydroxyl groups is 2. The quantitative estimate of drug-likeness (QED) is 0.898. The van der Waals surface area contributed by atoms with Gasteiger partial charge in [0, 0.05) is 31.3 Å². The minimum atomic E-state index is -0.471. The first kappa shape index (κ1) is 15.5. The molecule has 1 aromatic carbocycles. The second-order valence-corrected chi connectivity index (χ2v) is 7.11. The van der Waals surface area contributed by atoms with E-state index in [1.165, 1.54) is 5.56 Å². The molecule has 2 aliphatic rings. The zero-order valence-electron chi connectivity index (χ0n) is 14.1. The fourth-order valence-electron chi connectivity index (χ4n) is 4.55. The third-order valence-electron chi connectivity index (χ3n) is 5.75. The summed E-state index contributed by atoms with van der Waals surface area (Å²) < 4.78 is 0. The number of β-amino-alcohol motifs (C(OH)–C–C–N with tert-alkyl or cyclic N) is 1. The number of anilines is 1. The van der Waals surface area contributed by atoms with Crippen LogP contribution in [0.15, 0.2) is 36.5 Å². The van der Waals surface area contributed by atoms with E-state index in [0.717, 1.165) is 17.2 Å². The molecule has 0 bridgehead atoms. The normalized spacial score (nSPS) is 31.7. The van der Waals surface area contributed by atoms with Gasteiger partial charge in [0.25, 0.3) is 0 Å². The molecule has 1 spiro atoms. The fourth-order valence-corrected chi connectivity index (χ4v) is 4.55. The molecule has 1 aliphatic carbocycles. The molecular weight excluding hydrogens is 302 g/mol. The van der Waals surface area contributed by atoms with Gasteiger partial charge in [-0.3, -0.25) is 4.98 Å². The van der Waals surface area contributed by atoms with Crippen molar-refractivity contribution in [3.05, 3.63) is 53.5 Å². The molecule has 0 radical (unpaired) electrons. The Morgan fingerprint density at radius 1 is 1.25 bits per heavy atom. The molecule has 5 heteroatoms. The van der Waals surface area contributed by atoms with Crippen LogP contribution in [0.2, 0.25) is 0 Å². The summed E-state index contributed by atoms with van der Waals surface area (Å²) in [5.74, 6) is 1.14. The molecule has 0 unspecified atom stereocenters. The minimum absolute atomic E-state index is 0.0953. The standard InChI is InChI=1S/C19H23N3O2/c1-12-8-20-13(2)18(21-12)22-9-16(24)19(11-22)15(10-23)17(19)14-6-4-3-5-7-14/h3-8,15-17,23-24H,9-11H2,1-2H3/t15-,16+,17-,19-/m1/s1. The van der Waals surface area contributed by atoms with Crippen molar-refractivity contribution in [2.24, 2.45) is 11.3 Å². The van der Waals surface area contributed by atoms with Gasteiger partial charge in [0.2, 0.25) is 0 Å². The van der Waals surface area contributed by atoms with Crippen LogP contribution in [0.4, 0.5) is 5.82 Å². The highest BCUT2D eigenvalue weighted by Crippen LogP contribution is 2.68. The number of rotatable bonds is 3. The predicted molar refractivity (Wildman–Crippen MR) is 91.9 cm³/mol. The van der Waals surface area contributed by atoms with E-state index in [9.17, 15) is 10.2 Å². The topological polar surface area (TPSA) is 69.5 Å². The number of aryl methyl sites for hydroxylation is 2. The summed E-state index contributed by atoms with van der Waals surface area (Å²) in [6.45, 7) is 5.22. The molecule has 1 saturated carbocycles. The maximum atomic E-state index is 10.8. The van der Waals surface area contributed by atoms with Crippen LogP contribution in [-0.2, 0) is 0 Å². The lowest BCUT2D eigenvalue weighted by atomic mass is 9.95. The van der Waals surface area contributed by atoms with Gasteiger partial charge in [0.1, 0.15) is 5.82 Å². The Balaban J connectivity index is 1.66. The lowest BCUT2D eigenvalue weighted by molar-refractivity contribution is 0.113. The first-order valence-corrected chi connectivity index (χ1v) is 8.47. The van der Waals surface area contributed by atoms with E-state index in [-0.39, 0.29) is 23.9 Å². The molecule has 1 aromatic heterocycles. The molecule has 24 heavy (non-hydrogen) atoms. The van der Waals surface area contributed by atoms with Crippen molar-refractivity contribution >= 4 is 5.82 Å². The highest BCUT2D eigenvalue weighted by Gasteiger charge is 2.71. The van der Waals surface area contributed by atoms with Gasteiger partial charge in [-0.05, 0) is 31.2 Å². The van der Waals surface area contributed by atoms with Crippen molar-refractivity contribution in [3.63, 3.8) is 0 Å². The van der Waals surface area contributed by atoms with Gasteiger partial charge in [0.15, 0.2) is 0 Å². The molecule has 0 amide bonds. The first-order valence-electron chi connectivity index (χ1n) is 8.47. The molecule has 1 saturated heterocycles. The van der Waals surface area contributed by atoms with Gasteiger partial charge in [-0.1, -0.05) is 30.3 Å². The highest BCUT2D eigenvalue weighted by molar-refractivity contribution is 5.49. The van der Waals surface area contributed by atoms with Crippen LogP contribution in [0.25, 0.3) is 0 Å². The van der Waals surface area contributed by atoms with E-state index < -0.39 is 6.10 Å².